The summed E-state index contributed by atoms with van der Waals surface area (Å²) < 4.78 is 0. The van der Waals surface area contributed by atoms with Crippen LogP contribution in [0.15, 0.2) is 0 Å². The van der Waals surface area contributed by atoms with Crippen molar-refractivity contribution in [1.29, 1.82) is 0 Å². The molecule has 0 radical (unpaired) electrons. The van der Waals surface area contributed by atoms with Crippen molar-refractivity contribution in [1.82, 2.24) is 10.2 Å². The number of nitrogens with one attached hydrogen (secondary N) is 1. The molecule has 0 amide bonds. The maximum absolute atomic E-state index is 3.90. The minimum Gasteiger partial charge on any atom is -0.310 e. The van der Waals surface area contributed by atoms with Gasteiger partial charge in [-0.05, 0) is 44.4 Å². The molecule has 1 saturated heterocycles. The molecule has 3 rings (SSSR count). The number of hydrogen-bond donors (Lipinski definition) is 1. The van der Waals surface area contributed by atoms with Crippen molar-refractivity contribution in [3.8, 4) is 0 Å². The van der Waals surface area contributed by atoms with E-state index in [0.717, 1.165) is 24.0 Å². The summed E-state index contributed by atoms with van der Waals surface area (Å²) in [6.45, 7) is 5.01. The van der Waals surface area contributed by atoms with Crippen LogP contribution in [-0.4, -0.2) is 36.1 Å². The van der Waals surface area contributed by atoms with Gasteiger partial charge in [-0.2, -0.15) is 0 Å². The molecule has 0 aromatic rings. The van der Waals surface area contributed by atoms with Gasteiger partial charge in [-0.25, -0.2) is 0 Å². The van der Waals surface area contributed by atoms with Gasteiger partial charge in [0.15, 0.2) is 0 Å². The van der Waals surface area contributed by atoms with E-state index in [9.17, 15) is 0 Å². The zero-order valence-electron chi connectivity index (χ0n) is 9.91. The molecule has 1 heterocycles. The van der Waals surface area contributed by atoms with E-state index in [1.165, 1.54) is 51.6 Å². The SMILES string of the molecule is CCC(NC1CCN(C2CC2)C1)C1CC1. The van der Waals surface area contributed by atoms with Gasteiger partial charge in [-0.15, -0.1) is 0 Å². The molecule has 86 valence electrons. The molecule has 1 aliphatic heterocycles. The standard InChI is InChI=1S/C13H24N2/c1-2-13(10-3-4-10)14-11-7-8-15(9-11)12-5-6-12/h10-14H,2-9H2,1H3. The molecular formula is C13H24N2. The van der Waals surface area contributed by atoms with E-state index in [2.05, 4.69) is 17.1 Å². The monoisotopic (exact) mass is 208 g/mol. The molecule has 0 aromatic carbocycles. The summed E-state index contributed by atoms with van der Waals surface area (Å²) in [5.74, 6) is 1.02. The molecule has 1 N–H and O–H groups in total. The van der Waals surface area contributed by atoms with E-state index in [4.69, 9.17) is 0 Å². The Kier molecular flexibility index (Phi) is 2.73. The highest BCUT2D eigenvalue weighted by Crippen LogP contribution is 2.35. The second-order valence-electron chi connectivity index (χ2n) is 5.73. The molecule has 2 nitrogen and oxygen atoms in total. The molecule has 15 heavy (non-hydrogen) atoms. The summed E-state index contributed by atoms with van der Waals surface area (Å²) in [5.41, 5.74) is 0. The van der Waals surface area contributed by atoms with Gasteiger partial charge in [0.1, 0.15) is 0 Å². The normalized spacial score (nSPS) is 34.6. The Morgan fingerprint density at radius 3 is 2.60 bits per heavy atom. The summed E-state index contributed by atoms with van der Waals surface area (Å²) in [6, 6.07) is 2.60. The van der Waals surface area contributed by atoms with Crippen molar-refractivity contribution in [2.75, 3.05) is 13.1 Å². The minimum atomic E-state index is 0.802. The molecule has 2 unspecified atom stereocenters. The Bertz CT molecular complexity index is 221. The predicted molar refractivity (Wildman–Crippen MR) is 62.9 cm³/mol. The predicted octanol–water partition coefficient (Wildman–Crippen LogP) is 2.00. The molecule has 0 bridgehead atoms. The number of rotatable bonds is 5. The van der Waals surface area contributed by atoms with Crippen molar-refractivity contribution >= 4 is 0 Å². The maximum Gasteiger partial charge on any atom is 0.0210 e. The fraction of sp³-hybridized carbons (Fsp3) is 1.00. The van der Waals surface area contributed by atoms with Crippen LogP contribution in [0.2, 0.25) is 0 Å². The summed E-state index contributed by atoms with van der Waals surface area (Å²) >= 11 is 0. The van der Waals surface area contributed by atoms with E-state index in [0.29, 0.717) is 0 Å². The highest BCUT2D eigenvalue weighted by Gasteiger charge is 2.37. The second-order valence-corrected chi connectivity index (χ2v) is 5.73. The molecule has 2 saturated carbocycles. The number of hydrogen-bond acceptors (Lipinski definition) is 2. The van der Waals surface area contributed by atoms with Crippen molar-refractivity contribution in [3.05, 3.63) is 0 Å². The number of nitrogens with zero attached hydrogens (tertiary/aromatic N) is 1. The van der Waals surface area contributed by atoms with Crippen molar-refractivity contribution < 1.29 is 0 Å². The van der Waals surface area contributed by atoms with Gasteiger partial charge >= 0.3 is 0 Å². The largest absolute Gasteiger partial charge is 0.310 e. The molecular weight excluding hydrogens is 184 g/mol. The molecule has 2 atom stereocenters. The maximum atomic E-state index is 3.90. The first-order valence-corrected chi connectivity index (χ1v) is 6.87. The van der Waals surface area contributed by atoms with Gasteiger partial charge in [0.2, 0.25) is 0 Å². The van der Waals surface area contributed by atoms with Crippen LogP contribution in [0.3, 0.4) is 0 Å². The summed E-state index contributed by atoms with van der Waals surface area (Å²) in [7, 11) is 0. The zero-order valence-corrected chi connectivity index (χ0v) is 9.91. The Morgan fingerprint density at radius 2 is 2.00 bits per heavy atom. The lowest BCUT2D eigenvalue weighted by atomic mass is 10.1. The smallest absolute Gasteiger partial charge is 0.0210 e. The molecule has 3 aliphatic rings. The van der Waals surface area contributed by atoms with Crippen molar-refractivity contribution in [2.45, 2.75) is 63.6 Å². The van der Waals surface area contributed by atoms with Crippen LogP contribution in [0.5, 0.6) is 0 Å². The Labute approximate surface area is 93.4 Å². The molecule has 2 aliphatic carbocycles. The summed E-state index contributed by atoms with van der Waals surface area (Å²) in [4.78, 5) is 2.71. The van der Waals surface area contributed by atoms with Crippen molar-refractivity contribution in [2.24, 2.45) is 5.92 Å². The highest BCUT2D eigenvalue weighted by atomic mass is 15.2. The van der Waals surface area contributed by atoms with Gasteiger partial charge in [0.05, 0.1) is 0 Å². The van der Waals surface area contributed by atoms with E-state index in [1.807, 2.05) is 0 Å². The number of likely N-dealkylation sites (tertiary alicyclic amines) is 1. The third-order valence-corrected chi connectivity index (χ3v) is 4.36. The van der Waals surface area contributed by atoms with Crippen LogP contribution in [0.25, 0.3) is 0 Å². The second kappa shape index (κ2) is 4.06. The van der Waals surface area contributed by atoms with Crippen molar-refractivity contribution in [3.63, 3.8) is 0 Å². The van der Waals surface area contributed by atoms with Crippen LogP contribution in [0, 0.1) is 5.92 Å². The quantitative estimate of drug-likeness (QED) is 0.743. The lowest BCUT2D eigenvalue weighted by molar-refractivity contribution is 0.307. The van der Waals surface area contributed by atoms with E-state index in [-0.39, 0.29) is 0 Å². The first-order chi connectivity index (χ1) is 7.36. The topological polar surface area (TPSA) is 15.3 Å². The highest BCUT2D eigenvalue weighted by molar-refractivity contribution is 4.94. The molecule has 0 aromatic heterocycles. The molecule has 2 heteroatoms. The Morgan fingerprint density at radius 1 is 1.20 bits per heavy atom. The Balaban J connectivity index is 1.46. The lowest BCUT2D eigenvalue weighted by Gasteiger charge is -2.22. The fourth-order valence-corrected chi connectivity index (χ4v) is 3.08. The third kappa shape index (κ3) is 2.36. The van der Waals surface area contributed by atoms with Gasteiger partial charge in [-0.3, -0.25) is 4.90 Å². The minimum absolute atomic E-state index is 0.802. The van der Waals surface area contributed by atoms with Crippen LogP contribution < -0.4 is 5.32 Å². The fourth-order valence-electron chi connectivity index (χ4n) is 3.08. The van der Waals surface area contributed by atoms with Crippen LogP contribution >= 0.6 is 0 Å². The first kappa shape index (κ1) is 10.1. The van der Waals surface area contributed by atoms with Gasteiger partial charge in [0, 0.05) is 31.2 Å². The van der Waals surface area contributed by atoms with E-state index >= 15 is 0 Å². The van der Waals surface area contributed by atoms with Crippen LogP contribution in [0.1, 0.15) is 45.4 Å². The van der Waals surface area contributed by atoms with E-state index in [1.54, 1.807) is 0 Å². The molecule has 0 spiro atoms. The third-order valence-electron chi connectivity index (χ3n) is 4.36. The first-order valence-electron chi connectivity index (χ1n) is 6.87. The lowest BCUT2D eigenvalue weighted by Crippen LogP contribution is -2.41. The average molecular weight is 208 g/mol. The zero-order chi connectivity index (χ0) is 10.3. The summed E-state index contributed by atoms with van der Waals surface area (Å²) in [5, 5.41) is 3.90. The van der Waals surface area contributed by atoms with Gasteiger partial charge in [-0.1, -0.05) is 6.92 Å². The average Bonchev–Trinajstić information content (AvgIpc) is 3.14. The van der Waals surface area contributed by atoms with E-state index < -0.39 is 0 Å². The van der Waals surface area contributed by atoms with Crippen LogP contribution in [0.4, 0.5) is 0 Å². The molecule has 3 fully saturated rings. The Hall–Kier alpha value is -0.0800. The van der Waals surface area contributed by atoms with Gasteiger partial charge in [0.25, 0.3) is 0 Å². The van der Waals surface area contributed by atoms with Gasteiger partial charge < -0.3 is 5.32 Å². The summed E-state index contributed by atoms with van der Waals surface area (Å²) in [6.07, 6.45) is 8.60. The van der Waals surface area contributed by atoms with Crippen LogP contribution in [-0.2, 0) is 0 Å².